The molecule has 0 unspecified atom stereocenters. The average molecular weight is 660 g/mol. The molecule has 7 aromatic rings. The number of hydrogen-bond acceptors (Lipinski definition) is 4. The Bertz CT molecular complexity index is 2290. The molecule has 2 aliphatic rings. The molecule has 2 fully saturated rings. The SMILES string of the molecule is CC1(C)OB(c2ccc3c(c2)c2ccccc2n3-c2cccc(-n3c4ccccc4c4cc(B5OC(C)(C)C(C)(C)O5)ccc43)c2)OC1(C)C. The first-order chi connectivity index (χ1) is 23.7. The fourth-order valence-electron chi connectivity index (χ4n) is 7.56. The van der Waals surface area contributed by atoms with E-state index in [-0.39, 0.29) is 0 Å². The number of rotatable bonds is 4. The molecule has 4 heterocycles. The van der Waals surface area contributed by atoms with Crippen LogP contribution in [-0.4, -0.2) is 45.8 Å². The minimum absolute atomic E-state index is 0.401. The van der Waals surface area contributed by atoms with E-state index in [0.29, 0.717) is 0 Å². The molecule has 0 aliphatic carbocycles. The van der Waals surface area contributed by atoms with E-state index in [1.54, 1.807) is 0 Å². The summed E-state index contributed by atoms with van der Waals surface area (Å²) in [7, 11) is -0.842. The third-order valence-corrected chi connectivity index (χ3v) is 11.8. The smallest absolute Gasteiger partial charge is 0.399 e. The Morgan fingerprint density at radius 1 is 0.380 bits per heavy atom. The Morgan fingerprint density at radius 2 is 0.740 bits per heavy atom. The predicted molar refractivity (Wildman–Crippen MR) is 207 cm³/mol. The minimum Gasteiger partial charge on any atom is -0.399 e. The lowest BCUT2D eigenvalue weighted by molar-refractivity contribution is 0.00578. The molecule has 0 amide bonds. The first kappa shape index (κ1) is 31.6. The molecule has 0 radical (unpaired) electrons. The van der Waals surface area contributed by atoms with Crippen molar-refractivity contribution in [3.8, 4) is 11.4 Å². The lowest BCUT2D eigenvalue weighted by atomic mass is 9.78. The van der Waals surface area contributed by atoms with Gasteiger partial charge in [-0.2, -0.15) is 0 Å². The summed E-state index contributed by atoms with van der Waals surface area (Å²) in [6, 6.07) is 39.3. The van der Waals surface area contributed by atoms with Crippen molar-refractivity contribution in [2.45, 2.75) is 77.8 Å². The maximum atomic E-state index is 6.44. The Hall–Kier alpha value is -4.33. The zero-order chi connectivity index (χ0) is 34.8. The standard InChI is InChI=1S/C42H42B2N2O4/c1-39(2)40(3,4)48-43(47-39)27-20-22-37-33(24-27)31-16-9-11-18-35(31)45(37)29-14-13-15-30(26-29)46-36-19-12-10-17-32(36)34-25-28(21-23-38(34)46)44-49-41(5,6)42(7,8)50-44/h9-26H,1-8H3. The minimum atomic E-state index is -0.421. The van der Waals surface area contributed by atoms with Crippen LogP contribution in [-0.2, 0) is 18.6 Å². The van der Waals surface area contributed by atoms with Crippen molar-refractivity contribution >= 4 is 68.8 Å². The van der Waals surface area contributed by atoms with Gasteiger partial charge in [0.2, 0.25) is 0 Å². The van der Waals surface area contributed by atoms with Crippen LogP contribution < -0.4 is 10.9 Å². The number of aromatic nitrogens is 2. The maximum Gasteiger partial charge on any atom is 0.494 e. The van der Waals surface area contributed by atoms with Crippen LogP contribution in [0.3, 0.4) is 0 Å². The molecule has 0 saturated carbocycles. The van der Waals surface area contributed by atoms with Crippen LogP contribution >= 0.6 is 0 Å². The summed E-state index contributed by atoms with van der Waals surface area (Å²) < 4.78 is 30.5. The van der Waals surface area contributed by atoms with E-state index in [1.807, 2.05) is 0 Å². The van der Waals surface area contributed by atoms with Crippen LogP contribution in [0.2, 0.25) is 0 Å². The van der Waals surface area contributed by atoms with Gasteiger partial charge in [-0.25, -0.2) is 0 Å². The molecule has 9 rings (SSSR count). The lowest BCUT2D eigenvalue weighted by Gasteiger charge is -2.32. The molecular weight excluding hydrogens is 618 g/mol. The second-order valence-corrected chi connectivity index (χ2v) is 16.0. The molecule has 8 heteroatoms. The van der Waals surface area contributed by atoms with E-state index in [1.165, 1.54) is 21.5 Å². The van der Waals surface area contributed by atoms with Crippen LogP contribution in [0.15, 0.2) is 109 Å². The van der Waals surface area contributed by atoms with Crippen molar-refractivity contribution in [2.24, 2.45) is 0 Å². The highest BCUT2D eigenvalue weighted by molar-refractivity contribution is 6.63. The van der Waals surface area contributed by atoms with Gasteiger partial charge in [-0.05, 0) is 109 Å². The van der Waals surface area contributed by atoms with Crippen molar-refractivity contribution in [3.63, 3.8) is 0 Å². The highest BCUT2D eigenvalue weighted by atomic mass is 16.7. The van der Waals surface area contributed by atoms with E-state index >= 15 is 0 Å². The van der Waals surface area contributed by atoms with Gasteiger partial charge in [0, 0.05) is 32.9 Å². The van der Waals surface area contributed by atoms with Gasteiger partial charge < -0.3 is 27.8 Å². The summed E-state index contributed by atoms with van der Waals surface area (Å²) in [5.74, 6) is 0. The molecule has 2 saturated heterocycles. The largest absolute Gasteiger partial charge is 0.494 e. The topological polar surface area (TPSA) is 46.8 Å². The first-order valence-corrected chi connectivity index (χ1v) is 17.6. The Morgan fingerprint density at radius 3 is 1.14 bits per heavy atom. The average Bonchev–Trinajstić information content (AvgIpc) is 3.73. The fourth-order valence-corrected chi connectivity index (χ4v) is 7.56. The summed E-state index contributed by atoms with van der Waals surface area (Å²) in [5, 5.41) is 4.73. The number of fused-ring (bicyclic) bond motifs is 6. The van der Waals surface area contributed by atoms with Gasteiger partial charge in [-0.15, -0.1) is 0 Å². The Labute approximate surface area is 294 Å². The van der Waals surface area contributed by atoms with Gasteiger partial charge in [-0.1, -0.05) is 66.7 Å². The van der Waals surface area contributed by atoms with Crippen molar-refractivity contribution in [1.82, 2.24) is 9.13 Å². The van der Waals surface area contributed by atoms with Crippen molar-refractivity contribution in [2.75, 3.05) is 0 Å². The molecular formula is C42H42B2N2O4. The van der Waals surface area contributed by atoms with Crippen molar-refractivity contribution in [3.05, 3.63) is 109 Å². The third-order valence-electron chi connectivity index (χ3n) is 11.8. The summed E-state index contributed by atoms with van der Waals surface area (Å²) in [5.41, 5.74) is 7.21. The number of benzene rings is 5. The molecule has 6 nitrogen and oxygen atoms in total. The molecule has 250 valence electrons. The second kappa shape index (κ2) is 10.6. The Kier molecular flexibility index (Phi) is 6.70. The Balaban J connectivity index is 1.17. The van der Waals surface area contributed by atoms with E-state index in [2.05, 4.69) is 174 Å². The van der Waals surface area contributed by atoms with E-state index in [9.17, 15) is 0 Å². The van der Waals surface area contributed by atoms with Crippen LogP contribution in [0, 0.1) is 0 Å². The van der Waals surface area contributed by atoms with Crippen LogP contribution in [0.5, 0.6) is 0 Å². The molecule has 0 bridgehead atoms. The summed E-state index contributed by atoms with van der Waals surface area (Å²) in [6.45, 7) is 16.8. The van der Waals surface area contributed by atoms with E-state index in [0.717, 1.165) is 44.4 Å². The van der Waals surface area contributed by atoms with Crippen molar-refractivity contribution in [1.29, 1.82) is 0 Å². The summed E-state index contributed by atoms with van der Waals surface area (Å²) in [6.07, 6.45) is 0. The molecule has 2 aliphatic heterocycles. The van der Waals surface area contributed by atoms with Gasteiger partial charge in [0.05, 0.1) is 44.5 Å². The predicted octanol–water partition coefficient (Wildman–Crippen LogP) is 8.48. The van der Waals surface area contributed by atoms with Gasteiger partial charge in [0.1, 0.15) is 0 Å². The first-order valence-electron chi connectivity index (χ1n) is 17.6. The van der Waals surface area contributed by atoms with Crippen molar-refractivity contribution < 1.29 is 18.6 Å². The molecule has 0 spiro atoms. The normalized spacial score (nSPS) is 19.4. The summed E-state index contributed by atoms with van der Waals surface area (Å²) in [4.78, 5) is 0. The van der Waals surface area contributed by atoms with Gasteiger partial charge in [0.15, 0.2) is 0 Å². The molecule has 0 N–H and O–H groups in total. The van der Waals surface area contributed by atoms with E-state index in [4.69, 9.17) is 18.6 Å². The van der Waals surface area contributed by atoms with Gasteiger partial charge in [0.25, 0.3) is 0 Å². The zero-order valence-electron chi connectivity index (χ0n) is 30.1. The number of nitrogens with zero attached hydrogens (tertiary/aromatic N) is 2. The van der Waals surface area contributed by atoms with Gasteiger partial charge in [-0.3, -0.25) is 0 Å². The zero-order valence-corrected chi connectivity index (χ0v) is 30.1. The van der Waals surface area contributed by atoms with E-state index < -0.39 is 36.6 Å². The molecule has 50 heavy (non-hydrogen) atoms. The van der Waals surface area contributed by atoms with Gasteiger partial charge >= 0.3 is 14.2 Å². The number of para-hydroxylation sites is 2. The fraction of sp³-hybridized carbons (Fsp3) is 0.286. The van der Waals surface area contributed by atoms with Crippen LogP contribution in [0.1, 0.15) is 55.4 Å². The maximum absolute atomic E-state index is 6.44. The monoisotopic (exact) mass is 660 g/mol. The molecule has 0 atom stereocenters. The van der Waals surface area contributed by atoms with Crippen LogP contribution in [0.4, 0.5) is 0 Å². The quantitative estimate of drug-likeness (QED) is 0.178. The highest BCUT2D eigenvalue weighted by Crippen LogP contribution is 2.40. The third kappa shape index (κ3) is 4.59. The molecule has 5 aromatic carbocycles. The molecule has 2 aromatic heterocycles. The lowest BCUT2D eigenvalue weighted by Crippen LogP contribution is -2.41. The highest BCUT2D eigenvalue weighted by Gasteiger charge is 2.52. The second-order valence-electron chi connectivity index (χ2n) is 16.0. The number of hydrogen-bond donors (Lipinski definition) is 0. The van der Waals surface area contributed by atoms with Crippen LogP contribution in [0.25, 0.3) is 55.0 Å². The summed E-state index contributed by atoms with van der Waals surface area (Å²) >= 11 is 0.